The van der Waals surface area contributed by atoms with E-state index < -0.39 is 36.3 Å². The molecule has 198 valence electrons. The fourth-order valence-electron chi connectivity index (χ4n) is 5.69. The van der Waals surface area contributed by atoms with E-state index >= 15 is 0 Å². The number of esters is 2. The monoisotopic (exact) mass is 558 g/mol. The fraction of sp³-hybridized carbons (Fsp3) is 0.370. The summed E-state index contributed by atoms with van der Waals surface area (Å²) in [5.74, 6) is -3.82. The second kappa shape index (κ2) is 10.4. The highest BCUT2D eigenvalue weighted by molar-refractivity contribution is 6.32. The van der Waals surface area contributed by atoms with Gasteiger partial charge in [-0.3, -0.25) is 19.3 Å². The molecule has 3 fully saturated rings. The van der Waals surface area contributed by atoms with Crippen molar-refractivity contribution in [2.24, 2.45) is 23.7 Å². The number of nitrogens with one attached hydrogen (secondary N) is 1. The third-order valence-electron chi connectivity index (χ3n) is 7.34. The molecule has 6 atom stereocenters. The van der Waals surface area contributed by atoms with E-state index in [9.17, 15) is 24.0 Å². The van der Waals surface area contributed by atoms with Crippen LogP contribution >= 0.6 is 23.2 Å². The van der Waals surface area contributed by atoms with Crippen molar-refractivity contribution in [2.45, 2.75) is 24.1 Å². The standard InChI is InChI=1S/C27H24Cl2N2O7/c1-2-37-26(35)13-6-8-15(9-7-13)30-19(32)12-38-27(36)14-4-3-5-16(10-14)31-24(33)20-17-11-18(21(20)25(31)34)23(29)22(17)28/h3-10,17-18,20-23H,2,11-12H2,1H3,(H,30,32)/t17-,18-,20-,21+,22-,23+/m1/s1. The molecule has 2 bridgehead atoms. The van der Waals surface area contributed by atoms with Crippen LogP contribution < -0.4 is 10.2 Å². The summed E-state index contributed by atoms with van der Waals surface area (Å²) in [7, 11) is 0. The van der Waals surface area contributed by atoms with Gasteiger partial charge in [-0.15, -0.1) is 23.2 Å². The van der Waals surface area contributed by atoms with E-state index in [0.717, 1.165) is 4.90 Å². The lowest BCUT2D eigenvalue weighted by Crippen LogP contribution is -2.37. The van der Waals surface area contributed by atoms with Crippen LogP contribution in [0.4, 0.5) is 11.4 Å². The predicted octanol–water partition coefficient (Wildman–Crippen LogP) is 3.63. The molecule has 3 amide bonds. The van der Waals surface area contributed by atoms with Crippen LogP contribution in [0.1, 0.15) is 34.1 Å². The molecular weight excluding hydrogens is 535 g/mol. The molecule has 3 aliphatic rings. The molecule has 9 nitrogen and oxygen atoms in total. The molecule has 1 N–H and O–H groups in total. The van der Waals surface area contributed by atoms with Gasteiger partial charge in [-0.2, -0.15) is 0 Å². The number of fused-ring (bicyclic) bond motifs is 5. The summed E-state index contributed by atoms with van der Waals surface area (Å²) >= 11 is 12.8. The first-order valence-electron chi connectivity index (χ1n) is 12.2. The Hall–Kier alpha value is -3.43. The summed E-state index contributed by atoms with van der Waals surface area (Å²) in [5, 5.41) is 1.85. The van der Waals surface area contributed by atoms with E-state index in [1.807, 2.05) is 0 Å². The van der Waals surface area contributed by atoms with Gasteiger partial charge in [-0.05, 0) is 67.6 Å². The van der Waals surface area contributed by atoms with E-state index in [0.29, 0.717) is 17.7 Å². The highest BCUT2D eigenvalue weighted by atomic mass is 35.5. The summed E-state index contributed by atoms with van der Waals surface area (Å²) in [6, 6.07) is 12.0. The van der Waals surface area contributed by atoms with Gasteiger partial charge in [0.25, 0.3) is 5.91 Å². The number of hydrogen-bond donors (Lipinski definition) is 1. The molecule has 1 saturated heterocycles. The number of amides is 3. The molecule has 38 heavy (non-hydrogen) atoms. The van der Waals surface area contributed by atoms with Gasteiger partial charge in [0.05, 0.1) is 46.0 Å². The molecule has 2 aliphatic carbocycles. The molecule has 0 spiro atoms. The Morgan fingerprint density at radius 2 is 1.50 bits per heavy atom. The third kappa shape index (κ3) is 4.54. The predicted molar refractivity (Wildman–Crippen MR) is 138 cm³/mol. The molecule has 0 unspecified atom stereocenters. The summed E-state index contributed by atoms with van der Waals surface area (Å²) in [6.45, 7) is 1.39. The maximum absolute atomic E-state index is 13.2. The van der Waals surface area contributed by atoms with E-state index in [4.69, 9.17) is 32.7 Å². The molecule has 1 aliphatic heterocycles. The van der Waals surface area contributed by atoms with Crippen LogP contribution in [0.2, 0.25) is 0 Å². The average Bonchev–Trinajstić information content (AvgIpc) is 3.52. The van der Waals surface area contributed by atoms with Crippen molar-refractivity contribution in [2.75, 3.05) is 23.4 Å². The lowest BCUT2D eigenvalue weighted by molar-refractivity contribution is -0.123. The molecule has 2 aromatic carbocycles. The number of rotatable bonds is 7. The Morgan fingerprint density at radius 3 is 2.11 bits per heavy atom. The number of ether oxygens (including phenoxy) is 2. The third-order valence-corrected chi connectivity index (χ3v) is 8.66. The second-order valence-corrected chi connectivity index (χ2v) is 10.5. The number of hydrogen-bond acceptors (Lipinski definition) is 7. The van der Waals surface area contributed by atoms with Crippen molar-refractivity contribution in [3.05, 3.63) is 59.7 Å². The van der Waals surface area contributed by atoms with Gasteiger partial charge < -0.3 is 14.8 Å². The molecular formula is C27H24Cl2N2O7. The molecule has 0 aromatic heterocycles. The maximum Gasteiger partial charge on any atom is 0.338 e. The average molecular weight is 559 g/mol. The number of nitrogens with zero attached hydrogens (tertiary/aromatic N) is 1. The first kappa shape index (κ1) is 26.2. The summed E-state index contributed by atoms with van der Waals surface area (Å²) in [5.41, 5.74) is 1.09. The smallest absolute Gasteiger partial charge is 0.338 e. The molecule has 2 aromatic rings. The Morgan fingerprint density at radius 1 is 0.895 bits per heavy atom. The largest absolute Gasteiger partial charge is 0.462 e. The molecule has 5 rings (SSSR count). The topological polar surface area (TPSA) is 119 Å². The summed E-state index contributed by atoms with van der Waals surface area (Å²) in [4.78, 5) is 64.1. The Balaban J connectivity index is 1.20. The van der Waals surface area contributed by atoms with Gasteiger partial charge in [-0.25, -0.2) is 9.59 Å². The van der Waals surface area contributed by atoms with Crippen molar-refractivity contribution < 1.29 is 33.4 Å². The first-order valence-corrected chi connectivity index (χ1v) is 13.1. The van der Waals surface area contributed by atoms with Crippen molar-refractivity contribution in [3.63, 3.8) is 0 Å². The van der Waals surface area contributed by atoms with Gasteiger partial charge in [-0.1, -0.05) is 6.07 Å². The van der Waals surface area contributed by atoms with Crippen LogP contribution in [0.15, 0.2) is 48.5 Å². The zero-order chi connectivity index (χ0) is 27.1. The lowest BCUT2D eigenvalue weighted by Gasteiger charge is -2.28. The van der Waals surface area contributed by atoms with Crippen molar-refractivity contribution in [3.8, 4) is 0 Å². The molecule has 2 saturated carbocycles. The van der Waals surface area contributed by atoms with Gasteiger partial charge in [0.2, 0.25) is 11.8 Å². The normalized spacial score (nSPS) is 27.3. The zero-order valence-electron chi connectivity index (χ0n) is 20.3. The Labute approximate surface area is 228 Å². The highest BCUT2D eigenvalue weighted by Crippen LogP contribution is 2.59. The number of imide groups is 1. The highest BCUT2D eigenvalue weighted by Gasteiger charge is 2.66. The summed E-state index contributed by atoms with van der Waals surface area (Å²) < 4.78 is 10.0. The minimum absolute atomic E-state index is 0.0835. The van der Waals surface area contributed by atoms with Crippen LogP contribution in [0.5, 0.6) is 0 Å². The SMILES string of the molecule is CCOC(=O)c1ccc(NC(=O)COC(=O)c2cccc(N3C(=O)[C@@H]4[C@H]5C[C@@H]([C@H](Cl)[C@@H]5Cl)[C@@H]4C3=O)c2)cc1. The van der Waals surface area contributed by atoms with E-state index in [1.165, 1.54) is 42.5 Å². The molecule has 0 radical (unpaired) electrons. The number of alkyl halides is 2. The second-order valence-electron chi connectivity index (χ2n) is 9.49. The lowest BCUT2D eigenvalue weighted by atomic mass is 9.80. The maximum atomic E-state index is 13.2. The number of carbonyl (C=O) groups excluding carboxylic acids is 5. The van der Waals surface area contributed by atoms with Crippen LogP contribution in [-0.4, -0.2) is 53.6 Å². The number of anilines is 2. The van der Waals surface area contributed by atoms with E-state index in [-0.39, 0.29) is 52.3 Å². The zero-order valence-corrected chi connectivity index (χ0v) is 21.8. The minimum Gasteiger partial charge on any atom is -0.462 e. The Kier molecular flexibility index (Phi) is 7.15. The molecule has 1 heterocycles. The van der Waals surface area contributed by atoms with Gasteiger partial charge in [0.1, 0.15) is 0 Å². The quantitative estimate of drug-likeness (QED) is 0.313. The van der Waals surface area contributed by atoms with Crippen molar-refractivity contribution >= 4 is 64.2 Å². The van der Waals surface area contributed by atoms with Crippen molar-refractivity contribution in [1.29, 1.82) is 0 Å². The number of benzene rings is 2. The van der Waals surface area contributed by atoms with Crippen LogP contribution in [-0.2, 0) is 23.9 Å². The van der Waals surface area contributed by atoms with Crippen molar-refractivity contribution in [1.82, 2.24) is 0 Å². The van der Waals surface area contributed by atoms with E-state index in [2.05, 4.69) is 5.32 Å². The van der Waals surface area contributed by atoms with Crippen LogP contribution in [0, 0.1) is 23.7 Å². The number of carbonyl (C=O) groups is 5. The molecule has 11 heteroatoms. The van der Waals surface area contributed by atoms with Crippen LogP contribution in [0.25, 0.3) is 0 Å². The van der Waals surface area contributed by atoms with E-state index in [1.54, 1.807) is 13.0 Å². The minimum atomic E-state index is -0.791. The Bertz CT molecular complexity index is 1280. The van der Waals surface area contributed by atoms with Crippen LogP contribution in [0.3, 0.4) is 0 Å². The fourth-order valence-corrected chi connectivity index (χ4v) is 6.58. The van der Waals surface area contributed by atoms with Gasteiger partial charge in [0.15, 0.2) is 6.61 Å². The first-order chi connectivity index (χ1) is 18.2. The van der Waals surface area contributed by atoms with Gasteiger partial charge >= 0.3 is 11.9 Å². The van der Waals surface area contributed by atoms with Gasteiger partial charge in [0, 0.05) is 5.69 Å². The number of halogens is 2. The summed E-state index contributed by atoms with van der Waals surface area (Å²) in [6.07, 6.45) is 0.660.